The maximum Gasteiger partial charge on any atom is 0.124 e. The van der Waals surface area contributed by atoms with Crippen molar-refractivity contribution in [3.63, 3.8) is 0 Å². The topological polar surface area (TPSA) is 35.2 Å². The maximum atomic E-state index is 6.33. The second-order valence-electron chi connectivity index (χ2n) is 5.09. The molecule has 2 aromatic rings. The molecule has 1 unspecified atom stereocenters. The molecule has 0 saturated heterocycles. The highest BCUT2D eigenvalue weighted by Crippen LogP contribution is 2.28. The quantitative estimate of drug-likeness (QED) is 0.915. The number of methoxy groups -OCH3 is 1. The summed E-state index contributed by atoms with van der Waals surface area (Å²) in [6.07, 6.45) is 0.727. The molecule has 2 rings (SSSR count). The summed E-state index contributed by atoms with van der Waals surface area (Å²) in [5, 5.41) is 0.768. The van der Waals surface area contributed by atoms with Crippen molar-refractivity contribution in [1.29, 1.82) is 0 Å². The van der Waals surface area contributed by atoms with E-state index in [-0.39, 0.29) is 6.04 Å². The van der Waals surface area contributed by atoms with E-state index in [4.69, 9.17) is 22.1 Å². The molecule has 20 heavy (non-hydrogen) atoms. The smallest absolute Gasteiger partial charge is 0.124 e. The van der Waals surface area contributed by atoms with E-state index in [1.807, 2.05) is 38.1 Å². The minimum atomic E-state index is -0.0711. The molecule has 0 radical (unpaired) electrons. The Kier molecular flexibility index (Phi) is 4.69. The Morgan fingerprint density at radius 2 is 1.75 bits per heavy atom. The SMILES string of the molecule is COc1c(C)cc(C(N)Cc2ccccc2Cl)cc1C. The summed E-state index contributed by atoms with van der Waals surface area (Å²) < 4.78 is 5.39. The molecule has 0 aliphatic carbocycles. The van der Waals surface area contributed by atoms with Crippen LogP contribution in [0.2, 0.25) is 5.02 Å². The zero-order valence-corrected chi connectivity index (χ0v) is 12.9. The van der Waals surface area contributed by atoms with Gasteiger partial charge >= 0.3 is 0 Å². The summed E-state index contributed by atoms with van der Waals surface area (Å²) in [6.45, 7) is 4.08. The zero-order chi connectivity index (χ0) is 14.7. The Morgan fingerprint density at radius 3 is 2.30 bits per heavy atom. The van der Waals surface area contributed by atoms with Gasteiger partial charge in [0.1, 0.15) is 5.75 Å². The molecule has 2 nitrogen and oxygen atoms in total. The van der Waals surface area contributed by atoms with Crippen LogP contribution in [0.15, 0.2) is 36.4 Å². The van der Waals surface area contributed by atoms with E-state index >= 15 is 0 Å². The lowest BCUT2D eigenvalue weighted by Gasteiger charge is -2.17. The van der Waals surface area contributed by atoms with E-state index in [2.05, 4.69) is 12.1 Å². The summed E-state index contributed by atoms with van der Waals surface area (Å²) >= 11 is 6.19. The summed E-state index contributed by atoms with van der Waals surface area (Å²) in [6, 6.07) is 11.9. The van der Waals surface area contributed by atoms with Gasteiger partial charge < -0.3 is 10.5 Å². The van der Waals surface area contributed by atoms with Gasteiger partial charge in [0.25, 0.3) is 0 Å². The Labute approximate surface area is 125 Å². The zero-order valence-electron chi connectivity index (χ0n) is 12.1. The third kappa shape index (κ3) is 3.14. The number of aryl methyl sites for hydroxylation is 2. The van der Waals surface area contributed by atoms with E-state index in [0.29, 0.717) is 0 Å². The van der Waals surface area contributed by atoms with Gasteiger partial charge in [-0.3, -0.25) is 0 Å². The normalized spacial score (nSPS) is 12.2. The standard InChI is InChI=1S/C17H20ClNO/c1-11-8-14(9-12(2)17(11)20-3)16(19)10-13-6-4-5-7-15(13)18/h4-9,16H,10,19H2,1-3H3. The van der Waals surface area contributed by atoms with E-state index < -0.39 is 0 Å². The fourth-order valence-electron chi connectivity index (χ4n) is 2.54. The lowest BCUT2D eigenvalue weighted by Crippen LogP contribution is -2.14. The van der Waals surface area contributed by atoms with Crippen LogP contribution in [0.1, 0.15) is 28.3 Å². The Hall–Kier alpha value is -1.51. The van der Waals surface area contributed by atoms with E-state index in [0.717, 1.165) is 39.4 Å². The highest BCUT2D eigenvalue weighted by Gasteiger charge is 2.13. The highest BCUT2D eigenvalue weighted by molar-refractivity contribution is 6.31. The van der Waals surface area contributed by atoms with Crippen LogP contribution < -0.4 is 10.5 Å². The number of ether oxygens (including phenoxy) is 1. The van der Waals surface area contributed by atoms with Crippen molar-refractivity contribution < 1.29 is 4.74 Å². The van der Waals surface area contributed by atoms with Crippen LogP contribution >= 0.6 is 11.6 Å². The van der Waals surface area contributed by atoms with Crippen molar-refractivity contribution in [3.05, 3.63) is 63.7 Å². The van der Waals surface area contributed by atoms with Crippen LogP contribution in [0.4, 0.5) is 0 Å². The third-order valence-electron chi connectivity index (χ3n) is 3.51. The lowest BCUT2D eigenvalue weighted by molar-refractivity contribution is 0.408. The van der Waals surface area contributed by atoms with Gasteiger partial charge in [-0.25, -0.2) is 0 Å². The molecule has 0 aliphatic rings. The fourth-order valence-corrected chi connectivity index (χ4v) is 2.75. The van der Waals surface area contributed by atoms with Gasteiger partial charge in [-0.1, -0.05) is 41.9 Å². The molecule has 1 atom stereocenters. The van der Waals surface area contributed by atoms with E-state index in [1.54, 1.807) is 7.11 Å². The monoisotopic (exact) mass is 289 g/mol. The first-order chi connectivity index (χ1) is 9.52. The van der Waals surface area contributed by atoms with Gasteiger partial charge in [-0.05, 0) is 48.6 Å². The minimum absolute atomic E-state index is 0.0711. The molecule has 0 aliphatic heterocycles. The number of hydrogen-bond donors (Lipinski definition) is 1. The van der Waals surface area contributed by atoms with Crippen LogP contribution in [0, 0.1) is 13.8 Å². The lowest BCUT2D eigenvalue weighted by atomic mass is 9.96. The van der Waals surface area contributed by atoms with Gasteiger partial charge in [0, 0.05) is 11.1 Å². The number of rotatable bonds is 4. The Balaban J connectivity index is 2.26. The molecule has 0 saturated carbocycles. The molecule has 0 bridgehead atoms. The number of halogens is 1. The number of benzene rings is 2. The van der Waals surface area contributed by atoms with Crippen LogP contribution in [-0.4, -0.2) is 7.11 Å². The molecule has 0 fully saturated rings. The predicted octanol–water partition coefficient (Wildman–Crippen LogP) is 4.21. The molecular weight excluding hydrogens is 270 g/mol. The van der Waals surface area contributed by atoms with Crippen molar-refractivity contribution >= 4 is 11.6 Å². The summed E-state index contributed by atoms with van der Waals surface area (Å²) in [5.74, 6) is 0.929. The molecule has 0 heterocycles. The average Bonchev–Trinajstić information content (AvgIpc) is 2.41. The van der Waals surface area contributed by atoms with Gasteiger partial charge in [0.2, 0.25) is 0 Å². The van der Waals surface area contributed by atoms with Crippen LogP contribution in [0.3, 0.4) is 0 Å². The molecule has 0 amide bonds. The number of hydrogen-bond acceptors (Lipinski definition) is 2. The molecule has 106 valence electrons. The Bertz CT molecular complexity index is 587. The van der Waals surface area contributed by atoms with Crippen molar-refractivity contribution in [1.82, 2.24) is 0 Å². The van der Waals surface area contributed by atoms with Crippen molar-refractivity contribution in [3.8, 4) is 5.75 Å². The molecular formula is C17H20ClNO. The maximum absolute atomic E-state index is 6.33. The molecule has 2 N–H and O–H groups in total. The van der Waals surface area contributed by atoms with Crippen molar-refractivity contribution in [2.45, 2.75) is 26.3 Å². The van der Waals surface area contributed by atoms with Crippen LogP contribution in [-0.2, 0) is 6.42 Å². The Morgan fingerprint density at radius 1 is 1.15 bits per heavy atom. The van der Waals surface area contributed by atoms with Gasteiger partial charge in [-0.2, -0.15) is 0 Å². The van der Waals surface area contributed by atoms with Crippen LogP contribution in [0.5, 0.6) is 5.75 Å². The fraction of sp³-hybridized carbons (Fsp3) is 0.294. The van der Waals surface area contributed by atoms with Gasteiger partial charge in [0.05, 0.1) is 7.11 Å². The van der Waals surface area contributed by atoms with Crippen molar-refractivity contribution in [2.75, 3.05) is 7.11 Å². The van der Waals surface area contributed by atoms with Gasteiger partial charge in [-0.15, -0.1) is 0 Å². The first kappa shape index (κ1) is 14.9. The summed E-state index contributed by atoms with van der Waals surface area (Å²) in [7, 11) is 1.69. The van der Waals surface area contributed by atoms with Gasteiger partial charge in [0.15, 0.2) is 0 Å². The first-order valence-electron chi connectivity index (χ1n) is 6.67. The minimum Gasteiger partial charge on any atom is -0.496 e. The second kappa shape index (κ2) is 6.29. The highest BCUT2D eigenvalue weighted by atomic mass is 35.5. The number of nitrogens with two attached hydrogens (primary N) is 1. The largest absolute Gasteiger partial charge is 0.496 e. The second-order valence-corrected chi connectivity index (χ2v) is 5.50. The van der Waals surface area contributed by atoms with Crippen molar-refractivity contribution in [2.24, 2.45) is 5.73 Å². The summed E-state index contributed by atoms with van der Waals surface area (Å²) in [5.41, 5.74) is 10.7. The molecule has 0 spiro atoms. The average molecular weight is 290 g/mol. The third-order valence-corrected chi connectivity index (χ3v) is 3.88. The predicted molar refractivity (Wildman–Crippen MR) is 84.6 cm³/mol. The van der Waals surface area contributed by atoms with E-state index in [9.17, 15) is 0 Å². The first-order valence-corrected chi connectivity index (χ1v) is 7.05. The van der Waals surface area contributed by atoms with E-state index in [1.165, 1.54) is 0 Å². The molecule has 0 aromatic heterocycles. The summed E-state index contributed by atoms with van der Waals surface area (Å²) in [4.78, 5) is 0. The molecule has 3 heteroatoms. The molecule has 2 aromatic carbocycles. The van der Waals surface area contributed by atoms with Crippen LogP contribution in [0.25, 0.3) is 0 Å².